The van der Waals surface area contributed by atoms with Crippen molar-refractivity contribution in [2.24, 2.45) is 0 Å². The molecule has 0 saturated carbocycles. The summed E-state index contributed by atoms with van der Waals surface area (Å²) in [6, 6.07) is 2.31. The first-order valence-corrected chi connectivity index (χ1v) is 9.01. The van der Waals surface area contributed by atoms with E-state index in [0.717, 1.165) is 37.1 Å². The van der Waals surface area contributed by atoms with Crippen LogP contribution < -0.4 is 10.1 Å². The number of likely N-dealkylation sites (N-methyl/N-ethyl adjacent to an activating group) is 1. The van der Waals surface area contributed by atoms with Crippen LogP contribution in [-0.4, -0.2) is 48.7 Å². The van der Waals surface area contributed by atoms with Crippen molar-refractivity contribution in [3.8, 4) is 11.5 Å². The molecule has 1 atom stereocenters. The lowest BCUT2D eigenvalue weighted by Gasteiger charge is -2.23. The van der Waals surface area contributed by atoms with Crippen LogP contribution in [0.3, 0.4) is 0 Å². The number of phenolic OH excluding ortho intramolecular Hbond substituents is 1. The Labute approximate surface area is 145 Å². The van der Waals surface area contributed by atoms with E-state index >= 15 is 0 Å². The van der Waals surface area contributed by atoms with Crippen molar-refractivity contribution in [1.82, 2.24) is 10.2 Å². The minimum Gasteiger partial charge on any atom is -0.507 e. The van der Waals surface area contributed by atoms with Crippen molar-refractivity contribution in [1.29, 1.82) is 0 Å². The summed E-state index contributed by atoms with van der Waals surface area (Å²) in [6.45, 7) is 8.84. The first-order chi connectivity index (χ1) is 11.6. The third-order valence-corrected chi connectivity index (χ3v) is 5.00. The number of aromatic hydroxyl groups is 1. The van der Waals surface area contributed by atoms with Crippen LogP contribution in [0.25, 0.3) is 0 Å². The Bertz CT molecular complexity index is 586. The minimum atomic E-state index is -0.252. The first kappa shape index (κ1) is 18.6. The number of hydrogen-bond acceptors (Lipinski definition) is 4. The van der Waals surface area contributed by atoms with E-state index in [2.05, 4.69) is 17.1 Å². The van der Waals surface area contributed by atoms with Gasteiger partial charge in [-0.3, -0.25) is 9.69 Å². The molecule has 5 nitrogen and oxygen atoms in total. The van der Waals surface area contributed by atoms with E-state index in [4.69, 9.17) is 4.74 Å². The second kappa shape index (κ2) is 8.38. The van der Waals surface area contributed by atoms with Crippen LogP contribution in [0, 0.1) is 0 Å². The maximum Gasteiger partial charge on any atom is 0.258 e. The molecule has 0 radical (unpaired) electrons. The van der Waals surface area contributed by atoms with E-state index in [0.29, 0.717) is 24.8 Å². The summed E-state index contributed by atoms with van der Waals surface area (Å²) >= 11 is 0. The molecule has 0 aliphatic carbocycles. The molecule has 1 fully saturated rings. The zero-order valence-corrected chi connectivity index (χ0v) is 15.3. The molecule has 1 aliphatic heterocycles. The summed E-state index contributed by atoms with van der Waals surface area (Å²) in [5, 5.41) is 13.5. The van der Waals surface area contributed by atoms with Crippen LogP contribution in [0.5, 0.6) is 11.5 Å². The van der Waals surface area contributed by atoms with E-state index in [1.165, 1.54) is 6.42 Å². The number of phenols is 1. The van der Waals surface area contributed by atoms with E-state index in [9.17, 15) is 9.90 Å². The van der Waals surface area contributed by atoms with Gasteiger partial charge in [0.15, 0.2) is 0 Å². The maximum atomic E-state index is 12.8. The van der Waals surface area contributed by atoms with Gasteiger partial charge in [-0.15, -0.1) is 0 Å². The molecule has 5 heteroatoms. The molecule has 1 saturated heterocycles. The molecule has 2 rings (SSSR count). The summed E-state index contributed by atoms with van der Waals surface area (Å²) in [7, 11) is 1.55. The van der Waals surface area contributed by atoms with E-state index in [1.807, 2.05) is 19.9 Å². The highest BCUT2D eigenvalue weighted by molar-refractivity contribution is 6.00. The average molecular weight is 334 g/mol. The monoisotopic (exact) mass is 334 g/mol. The highest BCUT2D eigenvalue weighted by Crippen LogP contribution is 2.35. The van der Waals surface area contributed by atoms with Gasteiger partial charge >= 0.3 is 0 Å². The fourth-order valence-corrected chi connectivity index (χ4v) is 3.59. The number of carbonyl (C=O) groups is 1. The normalized spacial score (nSPS) is 17.9. The van der Waals surface area contributed by atoms with Crippen LogP contribution in [0.4, 0.5) is 0 Å². The van der Waals surface area contributed by atoms with Crippen molar-refractivity contribution in [3.63, 3.8) is 0 Å². The first-order valence-electron chi connectivity index (χ1n) is 9.01. The number of nitrogens with one attached hydrogen (secondary N) is 1. The molecule has 0 aromatic heterocycles. The second-order valence-electron chi connectivity index (χ2n) is 6.29. The van der Waals surface area contributed by atoms with E-state index in [1.54, 1.807) is 7.11 Å². The predicted octanol–water partition coefficient (Wildman–Crippen LogP) is 2.74. The molecular weight excluding hydrogens is 304 g/mol. The number of methoxy groups -OCH3 is 1. The number of hydrogen-bond donors (Lipinski definition) is 2. The predicted molar refractivity (Wildman–Crippen MR) is 96.0 cm³/mol. The molecule has 1 heterocycles. The average Bonchev–Trinajstić information content (AvgIpc) is 3.06. The molecule has 0 spiro atoms. The highest BCUT2D eigenvalue weighted by atomic mass is 16.5. The third-order valence-electron chi connectivity index (χ3n) is 5.00. The van der Waals surface area contributed by atoms with E-state index < -0.39 is 0 Å². The lowest BCUT2D eigenvalue weighted by molar-refractivity contribution is 0.0935. The Hall–Kier alpha value is -1.75. The number of benzene rings is 1. The number of ether oxygens (including phenoxy) is 1. The molecule has 0 unspecified atom stereocenters. The molecule has 0 bridgehead atoms. The van der Waals surface area contributed by atoms with Crippen LogP contribution in [0.2, 0.25) is 0 Å². The van der Waals surface area contributed by atoms with Crippen molar-refractivity contribution in [2.45, 2.75) is 52.5 Å². The molecule has 134 valence electrons. The molecular formula is C19H30N2O3. The van der Waals surface area contributed by atoms with Crippen molar-refractivity contribution >= 4 is 5.91 Å². The number of likely N-dealkylation sites (tertiary alicyclic amines) is 1. The number of amides is 1. The van der Waals surface area contributed by atoms with Crippen LogP contribution in [0.1, 0.15) is 55.1 Å². The topological polar surface area (TPSA) is 61.8 Å². The van der Waals surface area contributed by atoms with Gasteiger partial charge < -0.3 is 15.2 Å². The van der Waals surface area contributed by atoms with Gasteiger partial charge in [0.2, 0.25) is 0 Å². The molecule has 1 aromatic rings. The van der Waals surface area contributed by atoms with Crippen LogP contribution >= 0.6 is 0 Å². The summed E-state index contributed by atoms with van der Waals surface area (Å²) in [6.07, 6.45) is 3.71. The lowest BCUT2D eigenvalue weighted by Crippen LogP contribution is -2.40. The zero-order chi connectivity index (χ0) is 17.7. The van der Waals surface area contributed by atoms with Gasteiger partial charge in [0, 0.05) is 12.6 Å². The van der Waals surface area contributed by atoms with Crippen molar-refractivity contribution < 1.29 is 14.6 Å². The Morgan fingerprint density at radius 2 is 2.04 bits per heavy atom. The minimum absolute atomic E-state index is 0.0443. The fraction of sp³-hybridized carbons (Fsp3) is 0.632. The van der Waals surface area contributed by atoms with Crippen molar-refractivity contribution in [2.75, 3.05) is 26.7 Å². The van der Waals surface area contributed by atoms with Crippen LogP contribution in [0.15, 0.2) is 6.07 Å². The summed E-state index contributed by atoms with van der Waals surface area (Å²) in [4.78, 5) is 15.1. The smallest absolute Gasteiger partial charge is 0.258 e. The maximum absolute atomic E-state index is 12.8. The Morgan fingerprint density at radius 3 is 2.62 bits per heavy atom. The fourth-order valence-electron chi connectivity index (χ4n) is 3.59. The standard InChI is InChI=1S/C19H30N2O3/c1-5-13-11-14(6-2)18(24-4)16(17(13)22)19(23)20-12-15-9-8-10-21(15)7-3/h11,15,22H,5-10,12H2,1-4H3,(H,20,23)/t15-/m1/s1. The summed E-state index contributed by atoms with van der Waals surface area (Å²) in [5.41, 5.74) is 2.01. The Kier molecular flexibility index (Phi) is 6.49. The van der Waals surface area contributed by atoms with Gasteiger partial charge in [0.25, 0.3) is 5.91 Å². The molecule has 1 aromatic carbocycles. The van der Waals surface area contributed by atoms with Crippen LogP contribution in [-0.2, 0) is 12.8 Å². The summed E-state index contributed by atoms with van der Waals surface area (Å²) in [5.74, 6) is 0.281. The van der Waals surface area contributed by atoms with E-state index in [-0.39, 0.29) is 17.2 Å². The number of rotatable bonds is 7. The highest BCUT2D eigenvalue weighted by Gasteiger charge is 2.26. The second-order valence-corrected chi connectivity index (χ2v) is 6.29. The summed E-state index contributed by atoms with van der Waals surface area (Å²) < 4.78 is 5.45. The zero-order valence-electron chi connectivity index (χ0n) is 15.3. The number of aryl methyl sites for hydroxylation is 2. The molecule has 1 aliphatic rings. The van der Waals surface area contributed by atoms with Gasteiger partial charge in [-0.05, 0) is 56.0 Å². The third kappa shape index (κ3) is 3.66. The van der Waals surface area contributed by atoms with Gasteiger partial charge in [0.05, 0.1) is 7.11 Å². The largest absolute Gasteiger partial charge is 0.507 e. The van der Waals surface area contributed by atoms with Gasteiger partial charge in [0.1, 0.15) is 17.1 Å². The molecule has 1 amide bonds. The van der Waals surface area contributed by atoms with Gasteiger partial charge in [-0.25, -0.2) is 0 Å². The Balaban J connectivity index is 2.24. The lowest BCUT2D eigenvalue weighted by atomic mass is 9.98. The van der Waals surface area contributed by atoms with Gasteiger partial charge in [-0.2, -0.15) is 0 Å². The quantitative estimate of drug-likeness (QED) is 0.805. The molecule has 24 heavy (non-hydrogen) atoms. The number of nitrogens with zero attached hydrogens (tertiary/aromatic N) is 1. The number of carbonyl (C=O) groups excluding carboxylic acids is 1. The molecule has 2 N–H and O–H groups in total. The SMILES string of the molecule is CCc1cc(CC)c(OC)c(C(=O)NC[C@H]2CCCN2CC)c1O. The Morgan fingerprint density at radius 1 is 1.33 bits per heavy atom. The van der Waals surface area contributed by atoms with Crippen molar-refractivity contribution in [3.05, 3.63) is 22.8 Å². The van der Waals surface area contributed by atoms with Gasteiger partial charge in [-0.1, -0.05) is 20.8 Å².